The molecule has 0 unspecified atom stereocenters. The fourth-order valence-electron chi connectivity index (χ4n) is 3.30. The Morgan fingerprint density at radius 1 is 1.25 bits per heavy atom. The zero-order valence-electron chi connectivity index (χ0n) is 11.3. The van der Waals surface area contributed by atoms with Crippen LogP contribution in [0.4, 0.5) is 0 Å². The van der Waals surface area contributed by atoms with Gasteiger partial charge in [0.2, 0.25) is 5.91 Å². The highest BCUT2D eigenvalue weighted by Gasteiger charge is 2.30. The molecular weight excluding hydrogens is 256 g/mol. The van der Waals surface area contributed by atoms with Crippen molar-refractivity contribution in [3.05, 3.63) is 29.1 Å². The second-order valence-electron chi connectivity index (χ2n) is 5.62. The standard InChI is InChI=1S/C15H18N2O3/c18-14(10-3-1-2-4-10)17-6-5-12-11(9-17)7-16-8-13(12)15(19)20/h7-8,10H,1-6,9H2,(H,19,20). The van der Waals surface area contributed by atoms with Crippen molar-refractivity contribution in [2.45, 2.75) is 38.6 Å². The molecule has 3 rings (SSSR count). The van der Waals surface area contributed by atoms with Gasteiger partial charge in [-0.1, -0.05) is 12.8 Å². The Morgan fingerprint density at radius 3 is 2.70 bits per heavy atom. The number of hydrogen-bond acceptors (Lipinski definition) is 3. The van der Waals surface area contributed by atoms with Crippen LogP contribution in [0.5, 0.6) is 0 Å². The lowest BCUT2D eigenvalue weighted by molar-refractivity contribution is -0.136. The fourth-order valence-corrected chi connectivity index (χ4v) is 3.30. The normalized spacial score (nSPS) is 18.9. The first-order chi connectivity index (χ1) is 9.66. The SMILES string of the molecule is O=C(O)c1cncc2c1CCN(C(=O)C1CCCC1)C2. The minimum Gasteiger partial charge on any atom is -0.478 e. The number of fused-ring (bicyclic) bond motifs is 1. The average Bonchev–Trinajstić information content (AvgIpc) is 2.99. The van der Waals surface area contributed by atoms with Crippen molar-refractivity contribution >= 4 is 11.9 Å². The van der Waals surface area contributed by atoms with Gasteiger partial charge in [-0.15, -0.1) is 0 Å². The summed E-state index contributed by atoms with van der Waals surface area (Å²) in [6, 6.07) is 0. The Labute approximate surface area is 117 Å². The van der Waals surface area contributed by atoms with Crippen LogP contribution in [0.2, 0.25) is 0 Å². The second-order valence-corrected chi connectivity index (χ2v) is 5.62. The molecule has 1 fully saturated rings. The number of pyridine rings is 1. The summed E-state index contributed by atoms with van der Waals surface area (Å²) in [5, 5.41) is 9.17. The summed E-state index contributed by atoms with van der Waals surface area (Å²) in [5.74, 6) is -0.536. The number of rotatable bonds is 2. The summed E-state index contributed by atoms with van der Waals surface area (Å²) in [6.07, 6.45) is 7.98. The Kier molecular flexibility index (Phi) is 3.42. The number of carboxylic acids is 1. The number of carboxylic acid groups (broad SMARTS) is 1. The van der Waals surface area contributed by atoms with Crippen LogP contribution < -0.4 is 0 Å². The summed E-state index contributed by atoms with van der Waals surface area (Å²) in [4.78, 5) is 29.5. The van der Waals surface area contributed by atoms with Crippen molar-refractivity contribution < 1.29 is 14.7 Å². The predicted octanol–water partition coefficient (Wildman–Crippen LogP) is 1.85. The smallest absolute Gasteiger partial charge is 0.337 e. The van der Waals surface area contributed by atoms with E-state index in [-0.39, 0.29) is 17.4 Å². The second kappa shape index (κ2) is 5.23. The van der Waals surface area contributed by atoms with E-state index in [2.05, 4.69) is 4.98 Å². The highest BCUT2D eigenvalue weighted by atomic mass is 16.4. The first kappa shape index (κ1) is 13.1. The topological polar surface area (TPSA) is 70.5 Å². The monoisotopic (exact) mass is 274 g/mol. The highest BCUT2D eigenvalue weighted by molar-refractivity contribution is 5.89. The van der Waals surface area contributed by atoms with E-state index in [9.17, 15) is 9.59 Å². The summed E-state index contributed by atoms with van der Waals surface area (Å²) >= 11 is 0. The van der Waals surface area contributed by atoms with E-state index < -0.39 is 5.97 Å². The Morgan fingerprint density at radius 2 is 2.00 bits per heavy atom. The van der Waals surface area contributed by atoms with Crippen molar-refractivity contribution in [3.63, 3.8) is 0 Å². The first-order valence-corrected chi connectivity index (χ1v) is 7.14. The number of aromatic carboxylic acids is 1. The molecule has 0 spiro atoms. The van der Waals surface area contributed by atoms with Gasteiger partial charge in [0.05, 0.1) is 5.56 Å². The Bertz CT molecular complexity index is 550. The molecule has 1 saturated carbocycles. The lowest BCUT2D eigenvalue weighted by Gasteiger charge is -2.31. The zero-order valence-corrected chi connectivity index (χ0v) is 11.3. The quantitative estimate of drug-likeness (QED) is 0.893. The molecular formula is C15H18N2O3. The van der Waals surface area contributed by atoms with E-state index in [1.165, 1.54) is 6.20 Å². The molecule has 0 aromatic carbocycles. The van der Waals surface area contributed by atoms with Gasteiger partial charge < -0.3 is 10.0 Å². The van der Waals surface area contributed by atoms with Crippen LogP contribution in [0.1, 0.15) is 47.2 Å². The largest absolute Gasteiger partial charge is 0.478 e. The molecule has 1 aromatic rings. The third kappa shape index (κ3) is 2.28. The van der Waals surface area contributed by atoms with Gasteiger partial charge in [-0.05, 0) is 30.4 Å². The van der Waals surface area contributed by atoms with E-state index >= 15 is 0 Å². The number of aromatic nitrogens is 1. The third-order valence-electron chi connectivity index (χ3n) is 4.39. The molecule has 1 aliphatic carbocycles. The van der Waals surface area contributed by atoms with Crippen LogP contribution in [-0.2, 0) is 17.8 Å². The van der Waals surface area contributed by atoms with Crippen molar-refractivity contribution in [3.8, 4) is 0 Å². The van der Waals surface area contributed by atoms with E-state index in [1.54, 1.807) is 6.20 Å². The molecule has 1 N–H and O–H groups in total. The molecule has 0 saturated heterocycles. The molecule has 2 heterocycles. The van der Waals surface area contributed by atoms with E-state index in [1.807, 2.05) is 4.90 Å². The fraction of sp³-hybridized carbons (Fsp3) is 0.533. The van der Waals surface area contributed by atoms with Gasteiger partial charge >= 0.3 is 5.97 Å². The number of carbonyl (C=O) groups is 2. The molecule has 5 heteroatoms. The van der Waals surface area contributed by atoms with Gasteiger partial charge in [-0.3, -0.25) is 9.78 Å². The number of nitrogens with zero attached hydrogens (tertiary/aromatic N) is 2. The molecule has 5 nitrogen and oxygen atoms in total. The highest BCUT2D eigenvalue weighted by Crippen LogP contribution is 2.29. The van der Waals surface area contributed by atoms with E-state index in [0.717, 1.165) is 36.8 Å². The summed E-state index contributed by atoms with van der Waals surface area (Å²) in [5.41, 5.74) is 1.99. The van der Waals surface area contributed by atoms with E-state index in [0.29, 0.717) is 19.5 Å². The van der Waals surface area contributed by atoms with Crippen molar-refractivity contribution in [2.75, 3.05) is 6.54 Å². The molecule has 2 aliphatic rings. The molecule has 0 radical (unpaired) electrons. The van der Waals surface area contributed by atoms with Crippen LogP contribution in [0.15, 0.2) is 12.4 Å². The van der Waals surface area contributed by atoms with Gasteiger partial charge in [0.1, 0.15) is 0 Å². The van der Waals surface area contributed by atoms with E-state index in [4.69, 9.17) is 5.11 Å². The number of carbonyl (C=O) groups excluding carboxylic acids is 1. The zero-order chi connectivity index (χ0) is 14.1. The lowest BCUT2D eigenvalue weighted by atomic mass is 9.96. The van der Waals surface area contributed by atoms with Crippen molar-refractivity contribution in [1.82, 2.24) is 9.88 Å². The third-order valence-corrected chi connectivity index (χ3v) is 4.39. The minimum atomic E-state index is -0.940. The van der Waals surface area contributed by atoms with Crippen molar-refractivity contribution in [2.24, 2.45) is 5.92 Å². The maximum Gasteiger partial charge on any atom is 0.337 e. The Balaban J connectivity index is 1.80. The molecule has 1 aliphatic heterocycles. The van der Waals surface area contributed by atoms with Crippen LogP contribution in [-0.4, -0.2) is 33.4 Å². The van der Waals surface area contributed by atoms with Crippen LogP contribution in [0.25, 0.3) is 0 Å². The molecule has 1 amide bonds. The summed E-state index contributed by atoms with van der Waals surface area (Å²) in [7, 11) is 0. The molecule has 20 heavy (non-hydrogen) atoms. The molecule has 1 aromatic heterocycles. The van der Waals surface area contributed by atoms with Gasteiger partial charge in [0, 0.05) is 31.4 Å². The van der Waals surface area contributed by atoms with Crippen LogP contribution in [0, 0.1) is 5.92 Å². The molecule has 0 bridgehead atoms. The first-order valence-electron chi connectivity index (χ1n) is 7.14. The van der Waals surface area contributed by atoms with Gasteiger partial charge in [-0.25, -0.2) is 4.79 Å². The number of hydrogen-bond donors (Lipinski definition) is 1. The van der Waals surface area contributed by atoms with Crippen molar-refractivity contribution in [1.29, 1.82) is 0 Å². The summed E-state index contributed by atoms with van der Waals surface area (Å²) < 4.78 is 0. The average molecular weight is 274 g/mol. The molecule has 106 valence electrons. The van der Waals surface area contributed by atoms with Crippen LogP contribution in [0.3, 0.4) is 0 Å². The lowest BCUT2D eigenvalue weighted by Crippen LogP contribution is -2.39. The molecule has 0 atom stereocenters. The number of amides is 1. The Hall–Kier alpha value is -1.91. The summed E-state index contributed by atoms with van der Waals surface area (Å²) in [6.45, 7) is 1.12. The van der Waals surface area contributed by atoms with Gasteiger partial charge in [-0.2, -0.15) is 0 Å². The predicted molar refractivity (Wildman–Crippen MR) is 72.3 cm³/mol. The van der Waals surface area contributed by atoms with Gasteiger partial charge in [0.25, 0.3) is 0 Å². The maximum absolute atomic E-state index is 12.4. The van der Waals surface area contributed by atoms with Crippen LogP contribution >= 0.6 is 0 Å². The maximum atomic E-state index is 12.4. The van der Waals surface area contributed by atoms with Gasteiger partial charge in [0.15, 0.2) is 0 Å². The minimum absolute atomic E-state index is 0.173.